The normalized spacial score (nSPS) is 11.0. The van der Waals surface area contributed by atoms with E-state index >= 15 is 0 Å². The first-order chi connectivity index (χ1) is 14.1. The van der Waals surface area contributed by atoms with Crippen LogP contribution in [0.25, 0.3) is 0 Å². The van der Waals surface area contributed by atoms with E-state index in [1.165, 1.54) is 20.3 Å². The Hall–Kier alpha value is -3.41. The van der Waals surface area contributed by atoms with E-state index in [4.69, 9.17) is 18.9 Å². The van der Waals surface area contributed by atoms with E-state index in [0.717, 1.165) is 12.1 Å². The number of nitro benzene ring substituents is 1. The van der Waals surface area contributed by atoms with Gasteiger partial charge >= 0.3 is 17.7 Å². The number of nitrogens with zero attached hydrogens (tertiary/aromatic N) is 3. The fourth-order valence-corrected chi connectivity index (χ4v) is 2.96. The molecule has 0 atom stereocenters. The fourth-order valence-electron chi connectivity index (χ4n) is 2.25. The summed E-state index contributed by atoms with van der Waals surface area (Å²) in [6.45, 7) is 6.43. The molecule has 1 aromatic carbocycles. The third-order valence-corrected chi connectivity index (χ3v) is 5.59. The van der Waals surface area contributed by atoms with Crippen LogP contribution in [0.4, 0.5) is 5.69 Å². The highest BCUT2D eigenvalue weighted by Gasteiger charge is 2.29. The van der Waals surface area contributed by atoms with Gasteiger partial charge in [-0.1, -0.05) is 19.6 Å². The summed E-state index contributed by atoms with van der Waals surface area (Å²) in [6.07, 6.45) is 0. The number of phenols is 1. The average Bonchev–Trinajstić information content (AvgIpc) is 2.66. The molecule has 2 rings (SSSR count). The summed E-state index contributed by atoms with van der Waals surface area (Å²) >= 11 is 0. The summed E-state index contributed by atoms with van der Waals surface area (Å²) in [5.74, 6) is -1.79. The Morgan fingerprint density at radius 1 is 1.17 bits per heavy atom. The summed E-state index contributed by atoms with van der Waals surface area (Å²) in [5, 5.41) is 21.5. The zero-order chi connectivity index (χ0) is 22.5. The zero-order valence-electron chi connectivity index (χ0n) is 17.3. The molecular weight excluding hydrogens is 414 g/mol. The van der Waals surface area contributed by atoms with Crippen LogP contribution in [0.3, 0.4) is 0 Å². The van der Waals surface area contributed by atoms with Gasteiger partial charge in [-0.25, -0.2) is 4.79 Å². The second-order valence-electron chi connectivity index (χ2n) is 7.35. The molecule has 1 heterocycles. The highest BCUT2D eigenvalue weighted by atomic mass is 28.3. The van der Waals surface area contributed by atoms with Crippen molar-refractivity contribution in [3.05, 3.63) is 33.9 Å². The zero-order valence-corrected chi connectivity index (χ0v) is 18.3. The van der Waals surface area contributed by atoms with Gasteiger partial charge in [-0.2, -0.15) is 9.97 Å². The predicted octanol–water partition coefficient (Wildman–Crippen LogP) is 3.39. The van der Waals surface area contributed by atoms with Gasteiger partial charge in [0.15, 0.2) is 5.56 Å². The minimum atomic E-state index is -1.49. The van der Waals surface area contributed by atoms with E-state index in [1.54, 1.807) is 0 Å². The molecule has 0 saturated heterocycles. The quantitative estimate of drug-likeness (QED) is 0.268. The number of aromatic nitrogens is 2. The van der Waals surface area contributed by atoms with E-state index in [2.05, 4.69) is 29.6 Å². The Labute approximate surface area is 173 Å². The molecular formula is C18H23N3O8Si. The van der Waals surface area contributed by atoms with E-state index in [9.17, 15) is 20.0 Å². The lowest BCUT2D eigenvalue weighted by Gasteiger charge is -2.16. The molecule has 0 fully saturated rings. The van der Waals surface area contributed by atoms with Crippen LogP contribution in [-0.2, 0) is 4.74 Å². The summed E-state index contributed by atoms with van der Waals surface area (Å²) in [7, 11) is 1.27. The second kappa shape index (κ2) is 9.39. The van der Waals surface area contributed by atoms with Crippen molar-refractivity contribution in [3.63, 3.8) is 0 Å². The predicted molar refractivity (Wildman–Crippen MR) is 108 cm³/mol. The van der Waals surface area contributed by atoms with Gasteiger partial charge in [-0.05, 0) is 12.1 Å². The molecule has 12 heteroatoms. The number of benzene rings is 1. The van der Waals surface area contributed by atoms with Gasteiger partial charge in [0.1, 0.15) is 5.75 Å². The van der Waals surface area contributed by atoms with E-state index in [1.807, 2.05) is 0 Å². The number of ether oxygens (including phenoxy) is 4. The van der Waals surface area contributed by atoms with Crippen molar-refractivity contribution >= 4 is 19.7 Å². The first-order valence-electron chi connectivity index (χ1n) is 8.88. The molecule has 0 radical (unpaired) electrons. The van der Waals surface area contributed by atoms with Gasteiger partial charge < -0.3 is 24.1 Å². The van der Waals surface area contributed by atoms with Crippen molar-refractivity contribution in [2.24, 2.45) is 0 Å². The molecule has 30 heavy (non-hydrogen) atoms. The van der Waals surface area contributed by atoms with Crippen LogP contribution in [0, 0.1) is 10.1 Å². The third-order valence-electron chi connectivity index (χ3n) is 3.88. The van der Waals surface area contributed by atoms with Gasteiger partial charge in [0.05, 0.1) is 31.8 Å². The van der Waals surface area contributed by atoms with Crippen LogP contribution in [-0.4, -0.2) is 54.9 Å². The van der Waals surface area contributed by atoms with E-state index in [0.29, 0.717) is 6.04 Å². The number of phenolic OH excluding ortho intramolecular Hbond substituents is 1. The van der Waals surface area contributed by atoms with Gasteiger partial charge in [0, 0.05) is 14.1 Å². The van der Waals surface area contributed by atoms with Crippen LogP contribution < -0.4 is 14.2 Å². The van der Waals surface area contributed by atoms with Crippen molar-refractivity contribution in [2.75, 3.05) is 20.8 Å². The number of nitro groups is 1. The van der Waals surface area contributed by atoms with Gasteiger partial charge in [0.2, 0.25) is 17.5 Å². The molecule has 1 aromatic heterocycles. The lowest BCUT2D eigenvalue weighted by molar-refractivity contribution is -0.385. The lowest BCUT2D eigenvalue weighted by atomic mass is 10.1. The van der Waals surface area contributed by atoms with Crippen LogP contribution in [0.15, 0.2) is 18.2 Å². The lowest BCUT2D eigenvalue weighted by Crippen LogP contribution is -2.23. The van der Waals surface area contributed by atoms with Crippen LogP contribution >= 0.6 is 0 Å². The first kappa shape index (κ1) is 22.9. The Morgan fingerprint density at radius 3 is 2.27 bits per heavy atom. The van der Waals surface area contributed by atoms with Gasteiger partial charge in [-0.3, -0.25) is 10.1 Å². The summed E-state index contributed by atoms with van der Waals surface area (Å²) < 4.78 is 20.8. The number of hydrogen-bond acceptors (Lipinski definition) is 10. The topological polar surface area (TPSA) is 143 Å². The van der Waals surface area contributed by atoms with Crippen molar-refractivity contribution in [3.8, 4) is 29.3 Å². The van der Waals surface area contributed by atoms with Crippen LogP contribution in [0.5, 0.6) is 29.3 Å². The molecule has 162 valence electrons. The Balaban J connectivity index is 2.43. The molecule has 0 unspecified atom stereocenters. The first-order valence-corrected chi connectivity index (χ1v) is 12.6. The summed E-state index contributed by atoms with van der Waals surface area (Å²) in [5.41, 5.74) is -1.16. The van der Waals surface area contributed by atoms with Gasteiger partial charge in [-0.15, -0.1) is 0 Å². The molecule has 0 saturated carbocycles. The highest BCUT2D eigenvalue weighted by Crippen LogP contribution is 2.38. The summed E-state index contributed by atoms with van der Waals surface area (Å²) in [6, 6.07) is 3.99. The molecule has 0 bridgehead atoms. The van der Waals surface area contributed by atoms with Gasteiger partial charge in [0.25, 0.3) is 0 Å². The average molecular weight is 437 g/mol. The Kier molecular flexibility index (Phi) is 7.16. The van der Waals surface area contributed by atoms with E-state index in [-0.39, 0.29) is 30.1 Å². The third kappa shape index (κ3) is 5.79. The molecule has 0 spiro atoms. The molecule has 11 nitrogen and oxygen atoms in total. The highest BCUT2D eigenvalue weighted by molar-refractivity contribution is 6.76. The molecule has 0 aliphatic rings. The standard InChI is InChI=1S/C18H23N3O8Si/c1-26-13-10-14(27-2)20-18(19-13)29-12-7-6-11(21(24)25)16(22)15(12)17(23)28-8-9-30(3,4)5/h6-7,10,22H,8-9H2,1-5H3. The van der Waals surface area contributed by atoms with Crippen molar-refractivity contribution in [2.45, 2.75) is 25.7 Å². The number of aromatic hydroxyl groups is 1. The molecule has 0 aliphatic carbocycles. The summed E-state index contributed by atoms with van der Waals surface area (Å²) in [4.78, 5) is 30.9. The minimum absolute atomic E-state index is 0.111. The smallest absolute Gasteiger partial charge is 0.346 e. The van der Waals surface area contributed by atoms with Crippen molar-refractivity contribution < 1.29 is 33.8 Å². The van der Waals surface area contributed by atoms with Crippen LogP contribution in [0.2, 0.25) is 25.7 Å². The largest absolute Gasteiger partial charge is 0.501 e. The number of esters is 1. The van der Waals surface area contributed by atoms with Crippen molar-refractivity contribution in [1.82, 2.24) is 9.97 Å². The Bertz CT molecular complexity index is 924. The number of hydrogen-bond donors (Lipinski definition) is 1. The molecule has 2 aromatic rings. The Morgan fingerprint density at radius 2 is 1.77 bits per heavy atom. The number of carbonyl (C=O) groups excluding carboxylic acids is 1. The molecule has 0 aliphatic heterocycles. The van der Waals surface area contributed by atoms with Crippen molar-refractivity contribution in [1.29, 1.82) is 0 Å². The maximum Gasteiger partial charge on any atom is 0.346 e. The molecule has 1 N–H and O–H groups in total. The maximum atomic E-state index is 12.6. The number of carbonyl (C=O) groups is 1. The minimum Gasteiger partial charge on any atom is -0.501 e. The number of methoxy groups -OCH3 is 2. The fraction of sp³-hybridized carbons (Fsp3) is 0.389. The number of rotatable bonds is 9. The monoisotopic (exact) mass is 437 g/mol. The molecule has 0 amide bonds. The van der Waals surface area contributed by atoms with Crippen LogP contribution in [0.1, 0.15) is 10.4 Å². The van der Waals surface area contributed by atoms with E-state index < -0.39 is 36.0 Å². The maximum absolute atomic E-state index is 12.6. The second-order valence-corrected chi connectivity index (χ2v) is 13.0. The SMILES string of the molecule is COc1cc(OC)nc(Oc2ccc([N+](=O)[O-])c(O)c2C(=O)OCC[Si](C)(C)C)n1.